The van der Waals surface area contributed by atoms with Crippen molar-refractivity contribution in [2.45, 2.75) is 6.42 Å². The highest BCUT2D eigenvalue weighted by Crippen LogP contribution is 2.25. The molecule has 120 valence electrons. The van der Waals surface area contributed by atoms with Gasteiger partial charge in [-0.3, -0.25) is 4.79 Å². The van der Waals surface area contributed by atoms with Crippen molar-refractivity contribution >= 4 is 21.4 Å². The summed E-state index contributed by atoms with van der Waals surface area (Å²) >= 11 is 0. The van der Waals surface area contributed by atoms with Gasteiger partial charge in [0, 0.05) is 11.8 Å². The van der Waals surface area contributed by atoms with Gasteiger partial charge >= 0.3 is 0 Å². The van der Waals surface area contributed by atoms with Crippen LogP contribution in [-0.4, -0.2) is 25.8 Å². The SMILES string of the molecule is O=C(Nc1cccc(Oc2ccccc2)c1)[C@H]1CCS(=O)(=O)C1. The Morgan fingerprint density at radius 2 is 1.78 bits per heavy atom. The van der Waals surface area contributed by atoms with Crippen LogP contribution in [0.25, 0.3) is 0 Å². The predicted molar refractivity (Wildman–Crippen MR) is 88.3 cm³/mol. The molecule has 6 heteroatoms. The second-order valence-corrected chi connectivity index (χ2v) is 7.76. The lowest BCUT2D eigenvalue weighted by Crippen LogP contribution is -2.23. The Balaban J connectivity index is 1.67. The molecule has 1 heterocycles. The van der Waals surface area contributed by atoms with Gasteiger partial charge in [-0.1, -0.05) is 24.3 Å². The quantitative estimate of drug-likeness (QED) is 0.935. The molecule has 0 aliphatic carbocycles. The molecule has 2 aromatic carbocycles. The average molecular weight is 331 g/mol. The summed E-state index contributed by atoms with van der Waals surface area (Å²) in [5.41, 5.74) is 0.590. The number of benzene rings is 2. The summed E-state index contributed by atoms with van der Waals surface area (Å²) in [6, 6.07) is 16.4. The largest absolute Gasteiger partial charge is 0.457 e. The fourth-order valence-corrected chi connectivity index (χ4v) is 4.25. The molecule has 1 aliphatic heterocycles. The third-order valence-electron chi connectivity index (χ3n) is 3.68. The van der Waals surface area contributed by atoms with Crippen molar-refractivity contribution in [3.8, 4) is 11.5 Å². The third-order valence-corrected chi connectivity index (χ3v) is 5.45. The molecule has 1 aliphatic rings. The van der Waals surface area contributed by atoms with Crippen LogP contribution in [0.3, 0.4) is 0 Å². The zero-order chi connectivity index (χ0) is 16.3. The Morgan fingerprint density at radius 1 is 1.04 bits per heavy atom. The van der Waals surface area contributed by atoms with Crippen molar-refractivity contribution in [3.63, 3.8) is 0 Å². The average Bonchev–Trinajstić information content (AvgIpc) is 2.89. The minimum Gasteiger partial charge on any atom is -0.457 e. The maximum absolute atomic E-state index is 12.2. The van der Waals surface area contributed by atoms with Gasteiger partial charge in [-0.25, -0.2) is 8.42 Å². The van der Waals surface area contributed by atoms with Gasteiger partial charge < -0.3 is 10.1 Å². The van der Waals surface area contributed by atoms with E-state index in [1.54, 1.807) is 24.3 Å². The summed E-state index contributed by atoms with van der Waals surface area (Å²) in [7, 11) is -3.07. The molecular formula is C17H17NO4S. The molecule has 1 amide bonds. The van der Waals surface area contributed by atoms with Crippen molar-refractivity contribution in [2.75, 3.05) is 16.8 Å². The summed E-state index contributed by atoms with van der Waals surface area (Å²) in [5, 5.41) is 2.76. The molecule has 5 nitrogen and oxygen atoms in total. The number of para-hydroxylation sites is 1. The van der Waals surface area contributed by atoms with E-state index in [0.29, 0.717) is 23.6 Å². The first-order valence-corrected chi connectivity index (χ1v) is 9.18. The number of hydrogen-bond acceptors (Lipinski definition) is 4. The molecule has 1 N–H and O–H groups in total. The molecule has 0 radical (unpaired) electrons. The van der Waals surface area contributed by atoms with Crippen LogP contribution < -0.4 is 10.1 Å². The molecule has 1 atom stereocenters. The number of nitrogens with one attached hydrogen (secondary N) is 1. The van der Waals surface area contributed by atoms with Gasteiger partial charge in [0.05, 0.1) is 17.4 Å². The van der Waals surface area contributed by atoms with Crippen molar-refractivity contribution in [3.05, 3.63) is 54.6 Å². The van der Waals surface area contributed by atoms with E-state index in [2.05, 4.69) is 5.32 Å². The molecule has 3 rings (SSSR count). The second-order valence-electron chi connectivity index (χ2n) is 5.53. The smallest absolute Gasteiger partial charge is 0.228 e. The van der Waals surface area contributed by atoms with Gasteiger partial charge in [-0.2, -0.15) is 0 Å². The first-order valence-electron chi connectivity index (χ1n) is 7.36. The summed E-state index contributed by atoms with van der Waals surface area (Å²) in [5.74, 6) is 0.592. The molecule has 23 heavy (non-hydrogen) atoms. The van der Waals surface area contributed by atoms with Gasteiger partial charge in [0.15, 0.2) is 9.84 Å². The maximum Gasteiger partial charge on any atom is 0.228 e. The van der Waals surface area contributed by atoms with E-state index in [9.17, 15) is 13.2 Å². The number of sulfone groups is 1. The Morgan fingerprint density at radius 3 is 2.48 bits per heavy atom. The number of rotatable bonds is 4. The lowest BCUT2D eigenvalue weighted by atomic mass is 10.1. The van der Waals surface area contributed by atoms with Gasteiger partial charge in [0.25, 0.3) is 0 Å². The van der Waals surface area contributed by atoms with Crippen LogP contribution in [0.4, 0.5) is 5.69 Å². The maximum atomic E-state index is 12.2. The summed E-state index contributed by atoms with van der Waals surface area (Å²) in [6.45, 7) is 0. The van der Waals surface area contributed by atoms with E-state index in [4.69, 9.17) is 4.74 Å². The van der Waals surface area contributed by atoms with Gasteiger partial charge in [-0.15, -0.1) is 0 Å². The topological polar surface area (TPSA) is 72.5 Å². The number of carbonyl (C=O) groups excluding carboxylic acids is 1. The number of carbonyl (C=O) groups is 1. The summed E-state index contributed by atoms with van der Waals surface area (Å²) in [4.78, 5) is 12.2. The normalized spacial score (nSPS) is 19.2. The van der Waals surface area contributed by atoms with Crippen LogP contribution in [0.2, 0.25) is 0 Å². The molecular weight excluding hydrogens is 314 g/mol. The number of anilines is 1. The fourth-order valence-electron chi connectivity index (χ4n) is 2.51. The van der Waals surface area contributed by atoms with Gasteiger partial charge in [-0.05, 0) is 30.7 Å². The molecule has 0 saturated carbocycles. The Hall–Kier alpha value is -2.34. The number of hydrogen-bond donors (Lipinski definition) is 1. The van der Waals surface area contributed by atoms with Crippen LogP contribution in [-0.2, 0) is 14.6 Å². The zero-order valence-electron chi connectivity index (χ0n) is 12.4. The molecule has 0 unspecified atom stereocenters. The highest BCUT2D eigenvalue weighted by atomic mass is 32.2. The van der Waals surface area contributed by atoms with E-state index >= 15 is 0 Å². The van der Waals surface area contributed by atoms with Crippen molar-refractivity contribution in [1.29, 1.82) is 0 Å². The van der Waals surface area contributed by atoms with Crippen molar-refractivity contribution < 1.29 is 17.9 Å². The van der Waals surface area contributed by atoms with E-state index in [-0.39, 0.29) is 17.4 Å². The lowest BCUT2D eigenvalue weighted by Gasteiger charge is -2.11. The number of ether oxygens (including phenoxy) is 1. The highest BCUT2D eigenvalue weighted by molar-refractivity contribution is 7.91. The Kier molecular flexibility index (Phi) is 4.34. The lowest BCUT2D eigenvalue weighted by molar-refractivity contribution is -0.119. The monoisotopic (exact) mass is 331 g/mol. The van der Waals surface area contributed by atoms with Crippen LogP contribution >= 0.6 is 0 Å². The predicted octanol–water partition coefficient (Wildman–Crippen LogP) is 2.85. The van der Waals surface area contributed by atoms with Crippen molar-refractivity contribution in [1.82, 2.24) is 0 Å². The Labute approximate surface area is 135 Å². The standard InChI is InChI=1S/C17H17NO4S/c19-17(13-9-10-23(20,21)12-13)18-14-5-4-8-16(11-14)22-15-6-2-1-3-7-15/h1-8,11,13H,9-10,12H2,(H,18,19)/t13-/m0/s1. The molecule has 0 spiro atoms. The van der Waals surface area contributed by atoms with Gasteiger partial charge in [0.2, 0.25) is 5.91 Å². The second kappa shape index (κ2) is 6.42. The van der Waals surface area contributed by atoms with E-state index in [1.165, 1.54) is 0 Å². The molecule has 0 bridgehead atoms. The third kappa shape index (κ3) is 4.10. The summed E-state index contributed by atoms with van der Waals surface area (Å²) in [6.07, 6.45) is 0.383. The van der Waals surface area contributed by atoms with Crippen LogP contribution in [0.15, 0.2) is 54.6 Å². The zero-order valence-corrected chi connectivity index (χ0v) is 13.3. The van der Waals surface area contributed by atoms with Crippen molar-refractivity contribution in [2.24, 2.45) is 5.92 Å². The van der Waals surface area contributed by atoms with Crippen LogP contribution in [0.5, 0.6) is 11.5 Å². The number of amides is 1. The molecule has 1 saturated heterocycles. The fraction of sp³-hybridized carbons (Fsp3) is 0.235. The minimum absolute atomic E-state index is 0.0704. The minimum atomic E-state index is -3.07. The van der Waals surface area contributed by atoms with Gasteiger partial charge in [0.1, 0.15) is 11.5 Å². The van der Waals surface area contributed by atoms with E-state index < -0.39 is 15.8 Å². The molecule has 2 aromatic rings. The van der Waals surface area contributed by atoms with E-state index in [0.717, 1.165) is 0 Å². The molecule has 0 aromatic heterocycles. The Bertz CT molecular complexity index is 802. The molecule has 1 fully saturated rings. The first-order chi connectivity index (χ1) is 11.0. The van der Waals surface area contributed by atoms with E-state index in [1.807, 2.05) is 30.3 Å². The highest BCUT2D eigenvalue weighted by Gasteiger charge is 2.32. The van der Waals surface area contributed by atoms with Crippen LogP contribution in [0, 0.1) is 5.92 Å². The first kappa shape index (κ1) is 15.6. The summed E-state index contributed by atoms with van der Waals surface area (Å²) < 4.78 is 28.6. The van der Waals surface area contributed by atoms with Crippen LogP contribution in [0.1, 0.15) is 6.42 Å².